The molecular formula is C54H102O5. The second kappa shape index (κ2) is 54.1. The predicted octanol–water partition coefficient (Wildman–Crippen LogP) is 18.5. The van der Waals surface area contributed by atoms with E-state index in [0.29, 0.717) is 19.3 Å². The van der Waals surface area contributed by atoms with E-state index in [-0.39, 0.29) is 11.9 Å². The van der Waals surface area contributed by atoms with Crippen LogP contribution in [0.4, 0.5) is 0 Å². The predicted molar refractivity (Wildman–Crippen MR) is 257 cm³/mol. The highest BCUT2D eigenvalue weighted by Gasteiger charge is 2.10. The Morgan fingerprint density at radius 1 is 0.305 bits per heavy atom. The summed E-state index contributed by atoms with van der Waals surface area (Å²) in [6.07, 6.45) is 62.4. The zero-order valence-corrected chi connectivity index (χ0v) is 40.0. The minimum atomic E-state index is -0.653. The van der Waals surface area contributed by atoms with Gasteiger partial charge in [-0.25, -0.2) is 0 Å². The maximum absolute atomic E-state index is 11.9. The summed E-state index contributed by atoms with van der Waals surface area (Å²) in [6, 6.07) is 0. The fraction of sp³-hybridized carbons (Fsp3) is 0.870. The minimum absolute atomic E-state index is 0.342. The largest absolute Gasteiger partial charge is 0.481 e. The first-order valence-corrected chi connectivity index (χ1v) is 26.2. The van der Waals surface area contributed by atoms with Gasteiger partial charge in [-0.05, 0) is 70.6 Å². The van der Waals surface area contributed by atoms with Crippen molar-refractivity contribution >= 4 is 17.9 Å². The highest BCUT2D eigenvalue weighted by Crippen LogP contribution is 2.15. The molecule has 0 aliphatic carbocycles. The average Bonchev–Trinajstić information content (AvgIpc) is 3.22. The second-order valence-electron chi connectivity index (χ2n) is 17.6. The molecule has 0 aliphatic rings. The van der Waals surface area contributed by atoms with Gasteiger partial charge in [0.05, 0.1) is 0 Å². The fourth-order valence-corrected chi connectivity index (χ4v) is 7.56. The van der Waals surface area contributed by atoms with Crippen molar-refractivity contribution in [2.24, 2.45) is 0 Å². The number of carboxylic acids is 1. The van der Waals surface area contributed by atoms with Gasteiger partial charge in [0, 0.05) is 19.3 Å². The first kappa shape index (κ1) is 59.2. The van der Waals surface area contributed by atoms with Crippen molar-refractivity contribution in [3.63, 3.8) is 0 Å². The number of carboxylic acid groups (broad SMARTS) is 1. The molecular weight excluding hydrogens is 729 g/mol. The van der Waals surface area contributed by atoms with Crippen LogP contribution in [0.25, 0.3) is 0 Å². The number of rotatable bonds is 46. The van der Waals surface area contributed by atoms with E-state index in [9.17, 15) is 14.4 Å². The molecule has 0 heterocycles. The summed E-state index contributed by atoms with van der Waals surface area (Å²) in [6.45, 7) is 6.80. The lowest BCUT2D eigenvalue weighted by molar-refractivity contribution is -0.159. The van der Waals surface area contributed by atoms with Crippen LogP contribution in [-0.4, -0.2) is 23.0 Å². The van der Waals surface area contributed by atoms with E-state index >= 15 is 0 Å². The molecule has 0 rings (SSSR count). The number of carbonyl (C=O) groups excluding carboxylic acids is 2. The number of allylic oxidation sites excluding steroid dienone is 4. The highest BCUT2D eigenvalue weighted by atomic mass is 16.6. The van der Waals surface area contributed by atoms with Crippen LogP contribution in [0, 0.1) is 0 Å². The molecule has 1 N–H and O–H groups in total. The van der Waals surface area contributed by atoms with Gasteiger partial charge < -0.3 is 9.84 Å². The lowest BCUT2D eigenvalue weighted by atomic mass is 10.0. The number of carbonyl (C=O) groups is 3. The summed E-state index contributed by atoms with van der Waals surface area (Å²) in [7, 11) is 0. The molecule has 5 nitrogen and oxygen atoms in total. The molecule has 5 heteroatoms. The summed E-state index contributed by atoms with van der Waals surface area (Å²) in [5, 5.41) is 8.52. The van der Waals surface area contributed by atoms with Crippen molar-refractivity contribution in [3.8, 4) is 0 Å². The van der Waals surface area contributed by atoms with E-state index in [4.69, 9.17) is 9.84 Å². The van der Waals surface area contributed by atoms with E-state index in [2.05, 4.69) is 45.1 Å². The van der Waals surface area contributed by atoms with Crippen molar-refractivity contribution in [3.05, 3.63) is 24.3 Å². The maximum Gasteiger partial charge on any atom is 0.313 e. The zero-order chi connectivity index (χ0) is 43.4. The Kier molecular flexibility index (Phi) is 54.3. The third-order valence-corrected chi connectivity index (χ3v) is 11.5. The molecule has 0 saturated carbocycles. The Bertz CT molecular complexity index is 858. The molecule has 0 spiro atoms. The van der Waals surface area contributed by atoms with Crippen molar-refractivity contribution in [2.45, 2.75) is 303 Å². The summed E-state index contributed by atoms with van der Waals surface area (Å²) < 4.78 is 4.99. The lowest BCUT2D eigenvalue weighted by Crippen LogP contribution is -2.11. The topological polar surface area (TPSA) is 80.7 Å². The molecule has 0 aliphatic heterocycles. The molecule has 0 bridgehead atoms. The quantitative estimate of drug-likeness (QED) is 0.0286. The molecule has 0 radical (unpaired) electrons. The molecule has 59 heavy (non-hydrogen) atoms. The molecule has 0 aromatic heterocycles. The van der Waals surface area contributed by atoms with Crippen LogP contribution >= 0.6 is 0 Å². The van der Waals surface area contributed by atoms with Crippen molar-refractivity contribution in [1.82, 2.24) is 0 Å². The third kappa shape index (κ3) is 58.2. The third-order valence-electron chi connectivity index (χ3n) is 11.5. The molecule has 0 fully saturated rings. The minimum Gasteiger partial charge on any atom is -0.481 e. The van der Waals surface area contributed by atoms with Crippen LogP contribution in [0.15, 0.2) is 24.3 Å². The Balaban J connectivity index is 0. The van der Waals surface area contributed by atoms with E-state index < -0.39 is 5.97 Å². The van der Waals surface area contributed by atoms with Gasteiger partial charge >= 0.3 is 17.9 Å². The van der Waals surface area contributed by atoms with E-state index in [1.807, 2.05) is 0 Å². The first-order valence-electron chi connectivity index (χ1n) is 26.2. The van der Waals surface area contributed by atoms with Gasteiger partial charge in [0.1, 0.15) is 0 Å². The Morgan fingerprint density at radius 3 is 0.746 bits per heavy atom. The van der Waals surface area contributed by atoms with Crippen molar-refractivity contribution in [2.75, 3.05) is 0 Å². The number of hydrogen-bond acceptors (Lipinski definition) is 4. The Morgan fingerprint density at radius 2 is 0.508 bits per heavy atom. The maximum atomic E-state index is 11.9. The summed E-state index contributed by atoms with van der Waals surface area (Å²) in [5.41, 5.74) is 0. The molecule has 348 valence electrons. The van der Waals surface area contributed by atoms with Gasteiger partial charge in [-0.2, -0.15) is 0 Å². The van der Waals surface area contributed by atoms with Crippen LogP contribution < -0.4 is 0 Å². The molecule has 0 aromatic rings. The molecule has 0 aromatic carbocycles. The monoisotopic (exact) mass is 831 g/mol. The van der Waals surface area contributed by atoms with Gasteiger partial charge in [0.25, 0.3) is 0 Å². The van der Waals surface area contributed by atoms with E-state index in [1.54, 1.807) is 0 Å². The standard InChI is InChI=1S/C36H66O3.C18H36O2/c1-3-5-7-9-11-13-15-17-19-21-23-25-27-29-31-33-35(37)39-36(38)34-32-30-28-26-24-22-20-18-16-14-12-10-8-6-4-2;1-2-3-4-5-6-7-8-9-10-11-12-13-14-15-16-17-18(19)20/h17-20H,3-16,21-34H2,1-2H3;2-17H2,1H3,(H,19,20). The number of esters is 2. The molecule has 0 saturated heterocycles. The second-order valence-corrected chi connectivity index (χ2v) is 17.6. The molecule has 0 atom stereocenters. The SMILES string of the molecule is CCCCCCCCC=CCCCCCCCC(=O)OC(=O)CCCCCCCC=CCCCCCCCC.CCCCCCCCCCCCCCCCCC(=O)O. The zero-order valence-electron chi connectivity index (χ0n) is 40.0. The summed E-state index contributed by atoms with van der Waals surface area (Å²) in [4.78, 5) is 34.1. The highest BCUT2D eigenvalue weighted by molar-refractivity contribution is 5.85. The Labute approximate surface area is 368 Å². The van der Waals surface area contributed by atoms with Gasteiger partial charge in [-0.1, -0.05) is 238 Å². The molecule has 0 unspecified atom stereocenters. The van der Waals surface area contributed by atoms with Crippen molar-refractivity contribution < 1.29 is 24.2 Å². The van der Waals surface area contributed by atoms with Gasteiger partial charge in [0.15, 0.2) is 0 Å². The van der Waals surface area contributed by atoms with Crippen LogP contribution in [0.2, 0.25) is 0 Å². The summed E-state index contributed by atoms with van der Waals surface area (Å²) >= 11 is 0. The lowest BCUT2D eigenvalue weighted by Gasteiger charge is -2.04. The van der Waals surface area contributed by atoms with Crippen LogP contribution in [0.3, 0.4) is 0 Å². The summed E-state index contributed by atoms with van der Waals surface area (Å²) in [5.74, 6) is -1.34. The Hall–Kier alpha value is -1.91. The van der Waals surface area contributed by atoms with Crippen molar-refractivity contribution in [1.29, 1.82) is 0 Å². The number of ether oxygens (including phenoxy) is 1. The van der Waals surface area contributed by atoms with Crippen LogP contribution in [0.5, 0.6) is 0 Å². The fourth-order valence-electron chi connectivity index (χ4n) is 7.56. The molecule has 0 amide bonds. The number of aliphatic carboxylic acids is 1. The van der Waals surface area contributed by atoms with Crippen LogP contribution in [-0.2, 0) is 19.1 Å². The van der Waals surface area contributed by atoms with E-state index in [1.165, 1.54) is 212 Å². The van der Waals surface area contributed by atoms with Gasteiger partial charge in [-0.3, -0.25) is 14.4 Å². The number of unbranched alkanes of at least 4 members (excludes halogenated alkanes) is 36. The normalized spacial score (nSPS) is 11.4. The smallest absolute Gasteiger partial charge is 0.313 e. The van der Waals surface area contributed by atoms with Crippen LogP contribution in [0.1, 0.15) is 303 Å². The van der Waals surface area contributed by atoms with Gasteiger partial charge in [0.2, 0.25) is 0 Å². The van der Waals surface area contributed by atoms with Gasteiger partial charge in [-0.15, -0.1) is 0 Å². The number of hydrogen-bond donors (Lipinski definition) is 1. The van der Waals surface area contributed by atoms with E-state index in [0.717, 1.165) is 51.4 Å². The average molecular weight is 831 g/mol. The first-order chi connectivity index (χ1) is 29.0.